The Bertz CT molecular complexity index is 345. The van der Waals surface area contributed by atoms with Gasteiger partial charge in [-0.1, -0.05) is 28.1 Å². The van der Waals surface area contributed by atoms with Gasteiger partial charge in [-0.3, -0.25) is 0 Å². The number of hydrogen-bond donors (Lipinski definition) is 0. The molecule has 1 aliphatic rings. The van der Waals surface area contributed by atoms with Crippen LogP contribution in [0.4, 0.5) is 8.78 Å². The highest BCUT2D eigenvalue weighted by atomic mass is 79.9. The zero-order valence-corrected chi connectivity index (χ0v) is 10.3. The maximum atomic E-state index is 14.1. The lowest BCUT2D eigenvalue weighted by atomic mass is 9.88. The van der Waals surface area contributed by atoms with E-state index in [2.05, 4.69) is 15.9 Å². The van der Waals surface area contributed by atoms with Crippen LogP contribution in [0, 0.1) is 5.92 Å². The molecular formula is C12H13BrF2O. The van der Waals surface area contributed by atoms with Crippen molar-refractivity contribution >= 4 is 15.9 Å². The van der Waals surface area contributed by atoms with Gasteiger partial charge in [0, 0.05) is 29.2 Å². The third-order valence-electron chi connectivity index (χ3n) is 2.96. The second-order valence-electron chi connectivity index (χ2n) is 4.02. The quantitative estimate of drug-likeness (QED) is 0.801. The predicted octanol–water partition coefficient (Wildman–Crippen LogP) is 3.97. The van der Waals surface area contributed by atoms with Crippen molar-refractivity contribution in [3.63, 3.8) is 0 Å². The minimum absolute atomic E-state index is 0.0996. The van der Waals surface area contributed by atoms with Crippen molar-refractivity contribution in [1.29, 1.82) is 0 Å². The fourth-order valence-corrected chi connectivity index (χ4v) is 2.23. The molecule has 0 unspecified atom stereocenters. The normalized spacial score (nSPS) is 18.7. The molecule has 1 nitrogen and oxygen atoms in total. The number of alkyl halides is 2. The number of rotatable bonds is 2. The lowest BCUT2D eigenvalue weighted by molar-refractivity contribution is -0.102. The maximum Gasteiger partial charge on any atom is 0.276 e. The second kappa shape index (κ2) is 4.80. The highest BCUT2D eigenvalue weighted by Gasteiger charge is 2.41. The largest absolute Gasteiger partial charge is 0.381 e. The minimum atomic E-state index is -2.75. The van der Waals surface area contributed by atoms with Gasteiger partial charge in [-0.25, -0.2) is 8.78 Å². The van der Waals surface area contributed by atoms with Crippen LogP contribution in [0.25, 0.3) is 0 Å². The summed E-state index contributed by atoms with van der Waals surface area (Å²) in [6.45, 7) is 0.883. The molecule has 0 radical (unpaired) electrons. The summed E-state index contributed by atoms with van der Waals surface area (Å²) in [4.78, 5) is 0. The van der Waals surface area contributed by atoms with E-state index in [1.807, 2.05) is 0 Å². The summed E-state index contributed by atoms with van der Waals surface area (Å²) in [5.74, 6) is -3.34. The standard InChI is InChI=1S/C12H13BrF2O/c13-11-3-1-9(2-4-11)12(14,15)10-5-7-16-8-6-10/h1-4,10H,5-8H2. The van der Waals surface area contributed by atoms with Gasteiger partial charge in [0.15, 0.2) is 0 Å². The zero-order valence-electron chi connectivity index (χ0n) is 8.76. The molecule has 1 heterocycles. The second-order valence-corrected chi connectivity index (χ2v) is 4.93. The monoisotopic (exact) mass is 290 g/mol. The van der Waals surface area contributed by atoms with Crippen molar-refractivity contribution in [1.82, 2.24) is 0 Å². The summed E-state index contributed by atoms with van der Waals surface area (Å²) >= 11 is 3.24. The van der Waals surface area contributed by atoms with Gasteiger partial charge in [0.1, 0.15) is 0 Å². The van der Waals surface area contributed by atoms with Crippen LogP contribution in [0.3, 0.4) is 0 Å². The molecule has 2 rings (SSSR count). The first-order valence-corrected chi connectivity index (χ1v) is 6.11. The molecule has 1 aromatic carbocycles. The van der Waals surface area contributed by atoms with E-state index in [-0.39, 0.29) is 5.56 Å². The van der Waals surface area contributed by atoms with E-state index in [0.29, 0.717) is 26.1 Å². The van der Waals surface area contributed by atoms with Crippen LogP contribution in [-0.2, 0) is 10.7 Å². The summed E-state index contributed by atoms with van der Waals surface area (Å²) in [6.07, 6.45) is 0.867. The summed E-state index contributed by atoms with van der Waals surface area (Å²) in [6, 6.07) is 6.28. The van der Waals surface area contributed by atoms with Gasteiger partial charge in [0.25, 0.3) is 5.92 Å². The van der Waals surface area contributed by atoms with E-state index >= 15 is 0 Å². The molecule has 4 heteroatoms. The van der Waals surface area contributed by atoms with Gasteiger partial charge in [-0.15, -0.1) is 0 Å². The molecule has 0 N–H and O–H groups in total. The molecule has 1 fully saturated rings. The van der Waals surface area contributed by atoms with Crippen LogP contribution < -0.4 is 0 Å². The van der Waals surface area contributed by atoms with E-state index in [4.69, 9.17) is 4.74 Å². The van der Waals surface area contributed by atoms with Gasteiger partial charge >= 0.3 is 0 Å². The molecule has 16 heavy (non-hydrogen) atoms. The first-order valence-electron chi connectivity index (χ1n) is 5.32. The van der Waals surface area contributed by atoms with Crippen molar-refractivity contribution in [2.24, 2.45) is 5.92 Å². The molecule has 0 amide bonds. The van der Waals surface area contributed by atoms with E-state index in [0.717, 1.165) is 4.47 Å². The predicted molar refractivity (Wildman–Crippen MR) is 61.6 cm³/mol. The molecule has 0 aromatic heterocycles. The average molecular weight is 291 g/mol. The van der Waals surface area contributed by atoms with Crippen LogP contribution in [-0.4, -0.2) is 13.2 Å². The topological polar surface area (TPSA) is 9.23 Å². The SMILES string of the molecule is FC(F)(c1ccc(Br)cc1)C1CCOCC1. The third kappa shape index (κ3) is 2.43. The first-order chi connectivity index (χ1) is 7.60. The molecule has 1 aromatic rings. The zero-order chi connectivity index (χ0) is 11.6. The molecule has 0 atom stereocenters. The summed E-state index contributed by atoms with van der Waals surface area (Å²) in [7, 11) is 0. The van der Waals surface area contributed by atoms with Crippen molar-refractivity contribution in [3.05, 3.63) is 34.3 Å². The average Bonchev–Trinajstić information content (AvgIpc) is 2.31. The van der Waals surface area contributed by atoms with Crippen molar-refractivity contribution in [3.8, 4) is 0 Å². The van der Waals surface area contributed by atoms with Crippen molar-refractivity contribution in [2.75, 3.05) is 13.2 Å². The van der Waals surface area contributed by atoms with E-state index in [1.165, 1.54) is 12.1 Å². The molecule has 1 saturated heterocycles. The van der Waals surface area contributed by atoms with Crippen LogP contribution in [0.2, 0.25) is 0 Å². The maximum absolute atomic E-state index is 14.1. The Morgan fingerprint density at radius 2 is 1.69 bits per heavy atom. The van der Waals surface area contributed by atoms with Crippen molar-refractivity contribution in [2.45, 2.75) is 18.8 Å². The highest BCUT2D eigenvalue weighted by Crippen LogP contribution is 2.41. The van der Waals surface area contributed by atoms with Gasteiger partial charge in [0.2, 0.25) is 0 Å². The molecule has 0 saturated carbocycles. The molecule has 0 bridgehead atoms. The minimum Gasteiger partial charge on any atom is -0.381 e. The number of hydrogen-bond acceptors (Lipinski definition) is 1. The first kappa shape index (κ1) is 12.0. The van der Waals surface area contributed by atoms with E-state index < -0.39 is 11.8 Å². The van der Waals surface area contributed by atoms with E-state index in [1.54, 1.807) is 12.1 Å². The molecule has 0 aliphatic carbocycles. The summed E-state index contributed by atoms with van der Waals surface area (Å²) in [5.41, 5.74) is 0.0996. The van der Waals surface area contributed by atoms with Gasteiger partial charge in [-0.2, -0.15) is 0 Å². The lowest BCUT2D eigenvalue weighted by Crippen LogP contribution is -2.31. The smallest absolute Gasteiger partial charge is 0.276 e. The lowest BCUT2D eigenvalue weighted by Gasteiger charge is -2.30. The molecular weight excluding hydrogens is 278 g/mol. The Kier molecular flexibility index (Phi) is 3.60. The fourth-order valence-electron chi connectivity index (χ4n) is 1.97. The number of benzene rings is 1. The summed E-state index contributed by atoms with van der Waals surface area (Å²) in [5, 5.41) is 0. The number of ether oxygens (including phenoxy) is 1. The van der Waals surface area contributed by atoms with Crippen LogP contribution in [0.5, 0.6) is 0 Å². The number of halogens is 3. The summed E-state index contributed by atoms with van der Waals surface area (Å²) < 4.78 is 34.1. The van der Waals surface area contributed by atoms with Crippen molar-refractivity contribution < 1.29 is 13.5 Å². The van der Waals surface area contributed by atoms with Crippen LogP contribution >= 0.6 is 15.9 Å². The molecule has 1 aliphatic heterocycles. The molecule has 0 spiro atoms. The van der Waals surface area contributed by atoms with Crippen LogP contribution in [0.1, 0.15) is 18.4 Å². The Balaban J connectivity index is 2.19. The Hall–Kier alpha value is -0.480. The molecule has 88 valence electrons. The Morgan fingerprint density at radius 1 is 1.12 bits per heavy atom. The van der Waals surface area contributed by atoms with Gasteiger partial charge < -0.3 is 4.74 Å². The van der Waals surface area contributed by atoms with Gasteiger partial charge in [-0.05, 0) is 25.0 Å². The van der Waals surface area contributed by atoms with Gasteiger partial charge in [0.05, 0.1) is 0 Å². The fraction of sp³-hybridized carbons (Fsp3) is 0.500. The van der Waals surface area contributed by atoms with Crippen LogP contribution in [0.15, 0.2) is 28.7 Å². The third-order valence-corrected chi connectivity index (χ3v) is 3.49. The Labute approximate surface area is 102 Å². The van der Waals surface area contributed by atoms with E-state index in [9.17, 15) is 8.78 Å². The Morgan fingerprint density at radius 3 is 2.25 bits per heavy atom. The highest BCUT2D eigenvalue weighted by molar-refractivity contribution is 9.10.